The molecular weight excluding hydrogens is 234 g/mol. The molecule has 0 bridgehead atoms. The summed E-state index contributed by atoms with van der Waals surface area (Å²) in [5.41, 5.74) is 2.00. The highest BCUT2D eigenvalue weighted by atomic mass is 16.4. The Morgan fingerprint density at radius 1 is 1.22 bits per heavy atom. The van der Waals surface area contributed by atoms with Crippen LogP contribution in [-0.2, 0) is 17.9 Å². The molecule has 6 nitrogen and oxygen atoms in total. The number of carboxylic acid groups (broad SMARTS) is 1. The highest BCUT2D eigenvalue weighted by Crippen LogP contribution is 2.33. The lowest BCUT2D eigenvalue weighted by Crippen LogP contribution is -2.30. The molecule has 98 valence electrons. The smallest absolute Gasteiger partial charge is 0.326 e. The van der Waals surface area contributed by atoms with Gasteiger partial charge in [-0.05, 0) is 25.7 Å². The van der Waals surface area contributed by atoms with Gasteiger partial charge < -0.3 is 15.4 Å². The van der Waals surface area contributed by atoms with Crippen LogP contribution in [0, 0.1) is 5.92 Å². The first-order valence-electron chi connectivity index (χ1n) is 6.42. The summed E-state index contributed by atoms with van der Waals surface area (Å²) in [5.74, 6) is -0.941. The number of rotatable bonds is 2. The summed E-state index contributed by atoms with van der Waals surface area (Å²) in [6.45, 7) is 1.45. The highest BCUT2D eigenvalue weighted by Gasteiger charge is 2.30. The molecule has 0 radical (unpaired) electrons. The number of carbonyl (C=O) groups is 1. The molecule has 6 heteroatoms. The van der Waals surface area contributed by atoms with Crippen molar-refractivity contribution in [3.05, 3.63) is 21.9 Å². The van der Waals surface area contributed by atoms with E-state index in [-0.39, 0.29) is 17.6 Å². The molecule has 3 N–H and O–H groups in total. The molecule has 3 rings (SSSR count). The standard InChI is InChI=1S/C12H17N3O3/c16-11(17)7-1-3-8(4-2-7)15-10-6-13-5-9(10)14-12(15)18/h7-8,13H,1-6H2,(H,14,18)(H,16,17). The third-order valence-electron chi connectivity index (χ3n) is 4.12. The van der Waals surface area contributed by atoms with Gasteiger partial charge in [-0.25, -0.2) is 4.79 Å². The predicted molar refractivity (Wildman–Crippen MR) is 64.2 cm³/mol. The van der Waals surface area contributed by atoms with Crippen molar-refractivity contribution in [2.45, 2.75) is 44.8 Å². The lowest BCUT2D eigenvalue weighted by molar-refractivity contribution is -0.143. The Hall–Kier alpha value is -1.56. The molecule has 0 saturated heterocycles. The van der Waals surface area contributed by atoms with E-state index < -0.39 is 5.97 Å². The first-order valence-corrected chi connectivity index (χ1v) is 6.42. The zero-order valence-corrected chi connectivity index (χ0v) is 10.1. The molecule has 2 heterocycles. The van der Waals surface area contributed by atoms with Crippen LogP contribution in [0.25, 0.3) is 0 Å². The summed E-state index contributed by atoms with van der Waals surface area (Å²) in [7, 11) is 0. The summed E-state index contributed by atoms with van der Waals surface area (Å²) in [4.78, 5) is 25.7. The molecule has 0 atom stereocenters. The van der Waals surface area contributed by atoms with Crippen molar-refractivity contribution in [3.8, 4) is 0 Å². The second-order valence-corrected chi connectivity index (χ2v) is 5.17. The zero-order valence-electron chi connectivity index (χ0n) is 10.1. The molecule has 1 aliphatic heterocycles. The summed E-state index contributed by atoms with van der Waals surface area (Å²) in [6.07, 6.45) is 2.89. The number of carboxylic acids is 1. The summed E-state index contributed by atoms with van der Waals surface area (Å²) < 4.78 is 1.84. The van der Waals surface area contributed by atoms with E-state index in [1.165, 1.54) is 0 Å². The van der Waals surface area contributed by atoms with Gasteiger partial charge in [0.25, 0.3) is 0 Å². The summed E-state index contributed by atoms with van der Waals surface area (Å²) >= 11 is 0. The van der Waals surface area contributed by atoms with E-state index in [0.717, 1.165) is 37.3 Å². The maximum absolute atomic E-state index is 11.9. The first-order chi connectivity index (χ1) is 8.66. The van der Waals surface area contributed by atoms with Crippen LogP contribution >= 0.6 is 0 Å². The minimum Gasteiger partial charge on any atom is -0.481 e. The van der Waals surface area contributed by atoms with Gasteiger partial charge in [-0.3, -0.25) is 9.36 Å². The average Bonchev–Trinajstić information content (AvgIpc) is 2.89. The number of fused-ring (bicyclic) bond motifs is 1. The molecule has 0 spiro atoms. The number of nitrogens with zero attached hydrogens (tertiary/aromatic N) is 1. The molecular formula is C12H17N3O3. The van der Waals surface area contributed by atoms with Gasteiger partial charge in [0.15, 0.2) is 0 Å². The van der Waals surface area contributed by atoms with Crippen molar-refractivity contribution in [1.82, 2.24) is 14.9 Å². The molecule has 2 aliphatic rings. The lowest BCUT2D eigenvalue weighted by atomic mass is 9.86. The van der Waals surface area contributed by atoms with Gasteiger partial charge >= 0.3 is 11.7 Å². The Balaban J connectivity index is 1.81. The van der Waals surface area contributed by atoms with Crippen LogP contribution < -0.4 is 11.0 Å². The van der Waals surface area contributed by atoms with Crippen LogP contribution in [0.15, 0.2) is 4.79 Å². The second-order valence-electron chi connectivity index (χ2n) is 5.17. The summed E-state index contributed by atoms with van der Waals surface area (Å²) in [5, 5.41) is 12.2. The van der Waals surface area contributed by atoms with Crippen molar-refractivity contribution in [1.29, 1.82) is 0 Å². The Kier molecular flexibility index (Phi) is 2.74. The van der Waals surface area contributed by atoms with Crippen LogP contribution in [0.5, 0.6) is 0 Å². The van der Waals surface area contributed by atoms with Crippen LogP contribution in [0.4, 0.5) is 0 Å². The normalized spacial score (nSPS) is 27.1. The number of hydrogen-bond donors (Lipinski definition) is 3. The second kappa shape index (κ2) is 4.28. The fraction of sp³-hybridized carbons (Fsp3) is 0.667. The molecule has 0 aromatic carbocycles. The van der Waals surface area contributed by atoms with E-state index in [1.807, 2.05) is 4.57 Å². The molecule has 1 aliphatic carbocycles. The van der Waals surface area contributed by atoms with Crippen LogP contribution in [-0.4, -0.2) is 20.6 Å². The first kappa shape index (κ1) is 11.5. The van der Waals surface area contributed by atoms with Crippen LogP contribution in [0.2, 0.25) is 0 Å². The Labute approximate surface area is 104 Å². The topological polar surface area (TPSA) is 87.1 Å². The van der Waals surface area contributed by atoms with Crippen LogP contribution in [0.3, 0.4) is 0 Å². The van der Waals surface area contributed by atoms with Crippen molar-refractivity contribution in [3.63, 3.8) is 0 Å². The van der Waals surface area contributed by atoms with Crippen molar-refractivity contribution >= 4 is 5.97 Å². The van der Waals surface area contributed by atoms with E-state index in [9.17, 15) is 9.59 Å². The van der Waals surface area contributed by atoms with Crippen molar-refractivity contribution in [2.75, 3.05) is 0 Å². The minimum atomic E-state index is -0.707. The largest absolute Gasteiger partial charge is 0.481 e. The molecule has 18 heavy (non-hydrogen) atoms. The van der Waals surface area contributed by atoms with Gasteiger partial charge in [-0.15, -0.1) is 0 Å². The maximum Gasteiger partial charge on any atom is 0.326 e. The van der Waals surface area contributed by atoms with E-state index in [0.29, 0.717) is 12.8 Å². The Morgan fingerprint density at radius 3 is 2.61 bits per heavy atom. The molecule has 1 aromatic rings. The fourth-order valence-corrected chi connectivity index (χ4v) is 3.14. The van der Waals surface area contributed by atoms with E-state index in [1.54, 1.807) is 0 Å². The molecule has 1 fully saturated rings. The number of hydrogen-bond acceptors (Lipinski definition) is 3. The van der Waals surface area contributed by atoms with Crippen LogP contribution in [0.1, 0.15) is 43.1 Å². The van der Waals surface area contributed by atoms with Gasteiger partial charge in [0.2, 0.25) is 0 Å². The SMILES string of the molecule is O=C(O)C1CCC(n2c3c([nH]c2=O)CNC3)CC1. The third-order valence-corrected chi connectivity index (χ3v) is 4.12. The molecule has 1 aromatic heterocycles. The number of H-pyrrole nitrogens is 1. The van der Waals surface area contributed by atoms with Gasteiger partial charge in [0, 0.05) is 19.1 Å². The quantitative estimate of drug-likeness (QED) is 0.718. The minimum absolute atomic E-state index is 0.0414. The molecule has 0 amide bonds. The number of imidazole rings is 1. The number of aromatic amines is 1. The predicted octanol–water partition coefficient (Wildman–Crippen LogP) is 0.595. The van der Waals surface area contributed by atoms with Crippen molar-refractivity contribution in [2.24, 2.45) is 5.92 Å². The molecule has 0 unspecified atom stereocenters. The third kappa shape index (κ3) is 1.77. The van der Waals surface area contributed by atoms with E-state index in [2.05, 4.69) is 10.3 Å². The Morgan fingerprint density at radius 2 is 1.94 bits per heavy atom. The monoisotopic (exact) mass is 251 g/mol. The average molecular weight is 251 g/mol. The summed E-state index contributed by atoms with van der Waals surface area (Å²) in [6, 6.07) is 0.160. The molecule has 1 saturated carbocycles. The lowest BCUT2D eigenvalue weighted by Gasteiger charge is -2.27. The number of nitrogens with one attached hydrogen (secondary N) is 2. The van der Waals surface area contributed by atoms with Gasteiger partial charge in [0.05, 0.1) is 17.3 Å². The fourth-order valence-electron chi connectivity index (χ4n) is 3.14. The van der Waals surface area contributed by atoms with Crippen molar-refractivity contribution < 1.29 is 9.90 Å². The maximum atomic E-state index is 11.9. The van der Waals surface area contributed by atoms with Gasteiger partial charge in [-0.2, -0.15) is 0 Å². The van der Waals surface area contributed by atoms with Gasteiger partial charge in [0.1, 0.15) is 0 Å². The van der Waals surface area contributed by atoms with Gasteiger partial charge in [-0.1, -0.05) is 0 Å². The van der Waals surface area contributed by atoms with E-state index in [4.69, 9.17) is 5.11 Å². The zero-order chi connectivity index (χ0) is 12.7. The number of aromatic nitrogens is 2. The van der Waals surface area contributed by atoms with E-state index >= 15 is 0 Å². The highest BCUT2D eigenvalue weighted by molar-refractivity contribution is 5.70. The Bertz CT molecular complexity index is 523. The number of aliphatic carboxylic acids is 1.